The van der Waals surface area contributed by atoms with Gasteiger partial charge in [-0.25, -0.2) is 0 Å². The molecule has 1 N–H and O–H groups in total. The number of methoxy groups -OCH3 is 1. The van der Waals surface area contributed by atoms with Gasteiger partial charge in [-0.15, -0.1) is 0 Å². The largest absolute Gasteiger partial charge is 0.497 e. The summed E-state index contributed by atoms with van der Waals surface area (Å²) in [6.07, 6.45) is 3.90. The van der Waals surface area contributed by atoms with Crippen molar-refractivity contribution in [3.63, 3.8) is 0 Å². The average molecular weight is 242 g/mol. The van der Waals surface area contributed by atoms with E-state index in [1.165, 1.54) is 0 Å². The highest BCUT2D eigenvalue weighted by Crippen LogP contribution is 2.25. The maximum absolute atomic E-state index is 11.3. The number of carbonyl (C=O) groups excluding carboxylic acids is 1. The summed E-state index contributed by atoms with van der Waals surface area (Å²) in [6.45, 7) is 0. The predicted molar refractivity (Wildman–Crippen MR) is 68.3 cm³/mol. The molecule has 0 radical (unpaired) electrons. The van der Waals surface area contributed by atoms with E-state index >= 15 is 0 Å². The molecule has 0 heterocycles. The van der Waals surface area contributed by atoms with Gasteiger partial charge in [-0.2, -0.15) is 5.26 Å². The third-order valence-electron chi connectivity index (χ3n) is 2.85. The van der Waals surface area contributed by atoms with Crippen LogP contribution in [0.1, 0.15) is 24.8 Å². The van der Waals surface area contributed by atoms with Crippen molar-refractivity contribution in [1.29, 1.82) is 5.26 Å². The number of carbonyl (C=O) groups is 1. The molecule has 0 bridgehead atoms. The summed E-state index contributed by atoms with van der Waals surface area (Å²) in [5.41, 5.74) is 2.07. The molecular weight excluding hydrogens is 228 g/mol. The van der Waals surface area contributed by atoms with Gasteiger partial charge in [-0.3, -0.25) is 4.79 Å². The first-order chi connectivity index (χ1) is 8.72. The summed E-state index contributed by atoms with van der Waals surface area (Å²) in [5, 5.41) is 12.2. The van der Waals surface area contributed by atoms with Crippen molar-refractivity contribution < 1.29 is 9.53 Å². The summed E-state index contributed by atoms with van der Waals surface area (Å²) in [7, 11) is 1.58. The van der Waals surface area contributed by atoms with E-state index in [1.807, 2.05) is 0 Å². The minimum absolute atomic E-state index is 0.130. The van der Waals surface area contributed by atoms with Crippen molar-refractivity contribution in [3.8, 4) is 11.8 Å². The van der Waals surface area contributed by atoms with Crippen LogP contribution in [-0.2, 0) is 4.79 Å². The van der Waals surface area contributed by atoms with Crippen LogP contribution in [0, 0.1) is 11.3 Å². The van der Waals surface area contributed by atoms with E-state index in [2.05, 4.69) is 11.4 Å². The number of ketones is 1. The van der Waals surface area contributed by atoms with E-state index in [0.29, 0.717) is 23.4 Å². The van der Waals surface area contributed by atoms with Crippen LogP contribution in [0.3, 0.4) is 0 Å². The Hall–Kier alpha value is -2.28. The van der Waals surface area contributed by atoms with Gasteiger partial charge in [0, 0.05) is 24.3 Å². The van der Waals surface area contributed by atoms with Crippen molar-refractivity contribution in [3.05, 3.63) is 35.5 Å². The van der Waals surface area contributed by atoms with Crippen molar-refractivity contribution >= 4 is 11.5 Å². The van der Waals surface area contributed by atoms with Crippen LogP contribution in [0.5, 0.6) is 5.75 Å². The van der Waals surface area contributed by atoms with E-state index in [4.69, 9.17) is 10.00 Å². The molecule has 0 aliphatic heterocycles. The van der Waals surface area contributed by atoms with E-state index in [0.717, 1.165) is 18.5 Å². The number of anilines is 1. The highest BCUT2D eigenvalue weighted by molar-refractivity contribution is 5.91. The first-order valence-corrected chi connectivity index (χ1v) is 5.81. The lowest BCUT2D eigenvalue weighted by Crippen LogP contribution is -2.09. The lowest BCUT2D eigenvalue weighted by Gasteiger charge is -2.15. The minimum atomic E-state index is 0.130. The van der Waals surface area contributed by atoms with Crippen LogP contribution in [0.15, 0.2) is 30.0 Å². The molecule has 18 heavy (non-hydrogen) atoms. The number of ether oxygens (including phenoxy) is 1. The number of nitriles is 1. The Morgan fingerprint density at radius 3 is 2.89 bits per heavy atom. The van der Waals surface area contributed by atoms with Crippen LogP contribution in [0.4, 0.5) is 5.69 Å². The smallest absolute Gasteiger partial charge is 0.157 e. The van der Waals surface area contributed by atoms with Gasteiger partial charge in [0.2, 0.25) is 0 Å². The first-order valence-electron chi connectivity index (χ1n) is 5.81. The molecular formula is C14H14N2O2. The Morgan fingerprint density at radius 1 is 1.39 bits per heavy atom. The molecule has 0 unspecified atom stereocenters. The second-order valence-corrected chi connectivity index (χ2v) is 4.14. The van der Waals surface area contributed by atoms with Gasteiger partial charge in [0.05, 0.1) is 18.4 Å². The highest BCUT2D eigenvalue weighted by Gasteiger charge is 2.12. The molecule has 0 amide bonds. The van der Waals surface area contributed by atoms with Crippen LogP contribution in [0.25, 0.3) is 0 Å². The zero-order valence-electron chi connectivity index (χ0n) is 10.2. The Balaban J connectivity index is 2.27. The Bertz CT molecular complexity index is 541. The van der Waals surface area contributed by atoms with Crippen LogP contribution >= 0.6 is 0 Å². The second kappa shape index (κ2) is 5.37. The molecule has 0 saturated carbocycles. The second-order valence-electron chi connectivity index (χ2n) is 4.14. The molecule has 1 aliphatic carbocycles. The maximum Gasteiger partial charge on any atom is 0.157 e. The van der Waals surface area contributed by atoms with Gasteiger partial charge in [-0.1, -0.05) is 0 Å². The van der Waals surface area contributed by atoms with Gasteiger partial charge in [-0.05, 0) is 25.0 Å². The molecule has 1 aromatic carbocycles. The molecule has 1 aromatic rings. The van der Waals surface area contributed by atoms with Gasteiger partial charge >= 0.3 is 0 Å². The normalized spacial score (nSPS) is 14.7. The molecule has 0 fully saturated rings. The highest BCUT2D eigenvalue weighted by atomic mass is 16.5. The van der Waals surface area contributed by atoms with Crippen molar-refractivity contribution in [2.24, 2.45) is 0 Å². The van der Waals surface area contributed by atoms with E-state index < -0.39 is 0 Å². The van der Waals surface area contributed by atoms with Gasteiger partial charge < -0.3 is 10.1 Å². The summed E-state index contributed by atoms with van der Waals surface area (Å²) in [5.74, 6) is 0.810. The average Bonchev–Trinajstić information content (AvgIpc) is 2.38. The first kappa shape index (κ1) is 12.2. The van der Waals surface area contributed by atoms with Crippen molar-refractivity contribution in [1.82, 2.24) is 0 Å². The third kappa shape index (κ3) is 2.69. The number of benzene rings is 1. The zero-order chi connectivity index (χ0) is 13.0. The molecule has 0 saturated heterocycles. The number of hydrogen-bond acceptors (Lipinski definition) is 4. The van der Waals surface area contributed by atoms with Crippen LogP contribution < -0.4 is 10.1 Å². The minimum Gasteiger partial charge on any atom is -0.497 e. The fourth-order valence-electron chi connectivity index (χ4n) is 1.91. The topological polar surface area (TPSA) is 62.1 Å². The third-order valence-corrected chi connectivity index (χ3v) is 2.85. The Kier molecular flexibility index (Phi) is 3.63. The van der Waals surface area contributed by atoms with E-state index in [-0.39, 0.29) is 5.78 Å². The maximum atomic E-state index is 11.3. The Morgan fingerprint density at radius 2 is 2.22 bits per heavy atom. The van der Waals surface area contributed by atoms with Gasteiger partial charge in [0.15, 0.2) is 5.78 Å². The van der Waals surface area contributed by atoms with E-state index in [9.17, 15) is 4.79 Å². The molecule has 1 aliphatic rings. The molecule has 2 rings (SSSR count). The van der Waals surface area contributed by atoms with Crippen molar-refractivity contribution in [2.45, 2.75) is 19.3 Å². The summed E-state index contributed by atoms with van der Waals surface area (Å²) in [4.78, 5) is 11.3. The number of allylic oxidation sites excluding steroid dienone is 2. The molecule has 92 valence electrons. The molecule has 0 atom stereocenters. The number of hydrogen-bond donors (Lipinski definition) is 1. The zero-order valence-corrected chi connectivity index (χ0v) is 10.2. The SMILES string of the molecule is COc1ccc(C#N)c(NC2=CC(=O)CCC2)c1. The fraction of sp³-hybridized carbons (Fsp3) is 0.286. The monoisotopic (exact) mass is 242 g/mol. The predicted octanol–water partition coefficient (Wildman–Crippen LogP) is 2.62. The summed E-state index contributed by atoms with van der Waals surface area (Å²) >= 11 is 0. The quantitative estimate of drug-likeness (QED) is 0.885. The van der Waals surface area contributed by atoms with Crippen LogP contribution in [0.2, 0.25) is 0 Å². The Labute approximate surface area is 106 Å². The van der Waals surface area contributed by atoms with E-state index in [1.54, 1.807) is 31.4 Å². The number of nitrogens with zero attached hydrogens (tertiary/aromatic N) is 1. The van der Waals surface area contributed by atoms with Crippen molar-refractivity contribution in [2.75, 3.05) is 12.4 Å². The molecule has 0 aromatic heterocycles. The van der Waals surface area contributed by atoms with Crippen LogP contribution in [-0.4, -0.2) is 12.9 Å². The standard InChI is InChI=1S/C14H14N2O2/c1-18-13-6-5-10(9-15)14(8-13)16-11-3-2-4-12(17)7-11/h5-8,16H,2-4H2,1H3. The molecule has 4 heteroatoms. The van der Waals surface area contributed by atoms with Gasteiger partial charge in [0.1, 0.15) is 11.8 Å². The summed E-state index contributed by atoms with van der Waals surface area (Å²) in [6, 6.07) is 7.32. The fourth-order valence-corrected chi connectivity index (χ4v) is 1.91. The lowest BCUT2D eigenvalue weighted by molar-refractivity contribution is -0.115. The molecule has 4 nitrogen and oxygen atoms in total. The number of nitrogens with one attached hydrogen (secondary N) is 1. The summed E-state index contributed by atoms with van der Waals surface area (Å²) < 4.78 is 5.13. The molecule has 0 spiro atoms. The number of rotatable bonds is 3. The lowest BCUT2D eigenvalue weighted by atomic mass is 10.0. The van der Waals surface area contributed by atoms with Gasteiger partial charge in [0.25, 0.3) is 0 Å².